The Labute approximate surface area is 198 Å². The highest BCUT2D eigenvalue weighted by atomic mass is 31.0. The van der Waals surface area contributed by atoms with Crippen LogP contribution in [0.15, 0.2) is 0 Å². The highest BCUT2D eigenvalue weighted by Gasteiger charge is 2.29. The van der Waals surface area contributed by atoms with E-state index in [0.29, 0.717) is 25.8 Å². The van der Waals surface area contributed by atoms with E-state index in [1.54, 1.807) is 13.8 Å². The van der Waals surface area contributed by atoms with E-state index >= 15 is 0 Å². The van der Waals surface area contributed by atoms with Crippen molar-refractivity contribution < 1.29 is 33.8 Å². The summed E-state index contributed by atoms with van der Waals surface area (Å²) in [6.45, 7) is 5.71. The van der Waals surface area contributed by atoms with Crippen molar-refractivity contribution in [1.82, 2.24) is 16.0 Å². The van der Waals surface area contributed by atoms with Gasteiger partial charge in [-0.25, -0.2) is 4.79 Å². The standard InChI is InChI=1S/C20H36N4O7.H2N.H3P/c1-5-14(22-17(27)6-2)20(30)31-13(4)18(28)24-16(11-25)19(29)23-15(12(3)26)9-7-8-10-21;;/h13-16,25H,5-11,21H2,1-4H3,(H,22,27)(H,23,29)(H,24,28);1H2;1H3/q;-1;/t13-,14+,15+,16-;;/m0../s1. The fraction of sp³-hybridized carbons (Fsp3) is 0.750. The summed E-state index contributed by atoms with van der Waals surface area (Å²) in [4.78, 5) is 60.1. The molecule has 0 aromatic heterocycles. The van der Waals surface area contributed by atoms with Crippen LogP contribution in [0.5, 0.6) is 0 Å². The van der Waals surface area contributed by atoms with E-state index in [4.69, 9.17) is 10.5 Å². The summed E-state index contributed by atoms with van der Waals surface area (Å²) < 4.78 is 5.08. The smallest absolute Gasteiger partial charge is 0.329 e. The Bertz CT molecular complexity index is 636. The zero-order valence-electron chi connectivity index (χ0n) is 20.0. The molecule has 0 spiro atoms. The first-order valence-electron chi connectivity index (χ1n) is 10.5. The van der Waals surface area contributed by atoms with Gasteiger partial charge < -0.3 is 37.7 Å². The molecule has 13 heteroatoms. The van der Waals surface area contributed by atoms with E-state index in [1.807, 2.05) is 0 Å². The third-order valence-electron chi connectivity index (χ3n) is 4.58. The number of rotatable bonds is 15. The predicted octanol–water partition coefficient (Wildman–Crippen LogP) is -0.322. The average Bonchev–Trinajstić information content (AvgIpc) is 2.74. The molecule has 0 saturated carbocycles. The molecule has 0 saturated heterocycles. The molecule has 0 aliphatic rings. The minimum atomic E-state index is -1.33. The molecule has 0 aromatic carbocycles. The molecule has 12 nitrogen and oxygen atoms in total. The number of hydrogen-bond acceptors (Lipinski definition) is 8. The lowest BCUT2D eigenvalue weighted by Gasteiger charge is -2.23. The topological polar surface area (TPSA) is 210 Å². The lowest BCUT2D eigenvalue weighted by Crippen LogP contribution is -2.55. The van der Waals surface area contributed by atoms with Crippen molar-refractivity contribution in [3.8, 4) is 0 Å². The molecule has 0 heterocycles. The SMILES string of the molecule is CCC(=O)N[C@H](CC)C(=O)O[C@@H](C)C(=O)N[C@@H](CO)C(=O)N[C@H](CCCCN)C(C)=O.P.[NH2-]. The number of carbonyl (C=O) groups excluding carboxylic acids is 5. The number of unbranched alkanes of at least 4 members (excludes halogenated alkanes) is 1. The molecule has 0 fully saturated rings. The van der Waals surface area contributed by atoms with Crippen molar-refractivity contribution in [2.24, 2.45) is 5.73 Å². The largest absolute Gasteiger partial charge is 0.693 e. The van der Waals surface area contributed by atoms with Gasteiger partial charge in [-0.3, -0.25) is 19.2 Å². The van der Waals surface area contributed by atoms with Gasteiger partial charge in [-0.2, -0.15) is 9.90 Å². The number of esters is 1. The molecule has 5 atom stereocenters. The number of nitrogens with one attached hydrogen (secondary N) is 3. The van der Waals surface area contributed by atoms with E-state index in [0.717, 1.165) is 0 Å². The van der Waals surface area contributed by atoms with Gasteiger partial charge in [0, 0.05) is 6.42 Å². The van der Waals surface area contributed by atoms with Crippen LogP contribution in [0.2, 0.25) is 0 Å². The van der Waals surface area contributed by atoms with Gasteiger partial charge >= 0.3 is 5.97 Å². The summed E-state index contributed by atoms with van der Waals surface area (Å²) in [6.07, 6.45) is 0.922. The molecule has 1 unspecified atom stereocenters. The molecular weight excluding hydrogens is 453 g/mol. The Kier molecular flexibility index (Phi) is 20.8. The number of Topliss-reactive ketones (excluding diaryl/α,β-unsaturated/α-hetero) is 1. The van der Waals surface area contributed by atoms with Gasteiger partial charge in [-0.15, -0.1) is 0 Å². The van der Waals surface area contributed by atoms with Crippen LogP contribution in [0.4, 0.5) is 0 Å². The molecule has 8 N–H and O–H groups in total. The number of carbonyl (C=O) groups is 5. The Morgan fingerprint density at radius 2 is 1.52 bits per heavy atom. The van der Waals surface area contributed by atoms with E-state index in [2.05, 4.69) is 16.0 Å². The number of ketones is 1. The molecule has 194 valence electrons. The maximum Gasteiger partial charge on any atom is 0.329 e. The fourth-order valence-electron chi connectivity index (χ4n) is 2.56. The third kappa shape index (κ3) is 13.9. The Morgan fingerprint density at radius 1 is 0.939 bits per heavy atom. The first-order valence-corrected chi connectivity index (χ1v) is 10.5. The first kappa shape index (κ1) is 35.4. The maximum atomic E-state index is 12.4. The molecule has 0 aliphatic carbocycles. The van der Waals surface area contributed by atoms with Gasteiger partial charge in [0.1, 0.15) is 12.1 Å². The molecule has 0 aliphatic heterocycles. The summed E-state index contributed by atoms with van der Waals surface area (Å²) in [6, 6.07) is -2.98. The molecule has 0 bridgehead atoms. The van der Waals surface area contributed by atoms with Crippen LogP contribution in [0.25, 0.3) is 6.15 Å². The van der Waals surface area contributed by atoms with Gasteiger partial charge in [0.25, 0.3) is 5.91 Å². The van der Waals surface area contributed by atoms with Crippen LogP contribution in [0, 0.1) is 0 Å². The van der Waals surface area contributed by atoms with Crippen LogP contribution < -0.4 is 21.7 Å². The first-order chi connectivity index (χ1) is 14.6. The second-order valence-electron chi connectivity index (χ2n) is 7.16. The lowest BCUT2D eigenvalue weighted by atomic mass is 10.1. The second kappa shape index (κ2) is 19.3. The van der Waals surface area contributed by atoms with Crippen molar-refractivity contribution in [2.75, 3.05) is 13.2 Å². The van der Waals surface area contributed by atoms with Gasteiger partial charge in [0.2, 0.25) is 11.8 Å². The van der Waals surface area contributed by atoms with Crippen LogP contribution in [-0.2, 0) is 28.7 Å². The third-order valence-corrected chi connectivity index (χ3v) is 4.58. The Balaban J connectivity index is -0.00000450. The molecule has 0 radical (unpaired) electrons. The van der Waals surface area contributed by atoms with E-state index in [-0.39, 0.29) is 40.6 Å². The van der Waals surface area contributed by atoms with E-state index < -0.39 is 48.6 Å². The highest BCUT2D eigenvalue weighted by molar-refractivity contribution is 6.92. The molecule has 33 heavy (non-hydrogen) atoms. The van der Waals surface area contributed by atoms with Crippen molar-refractivity contribution in [1.29, 1.82) is 0 Å². The van der Waals surface area contributed by atoms with Crippen LogP contribution in [0.1, 0.15) is 59.8 Å². The van der Waals surface area contributed by atoms with Gasteiger partial charge in [-0.05, 0) is 46.1 Å². The average molecular weight is 495 g/mol. The molecular formula is C20H41N5O7P-. The predicted molar refractivity (Wildman–Crippen MR) is 129 cm³/mol. The lowest BCUT2D eigenvalue weighted by molar-refractivity contribution is -0.158. The van der Waals surface area contributed by atoms with Crippen LogP contribution >= 0.6 is 9.90 Å². The zero-order chi connectivity index (χ0) is 24.0. The van der Waals surface area contributed by atoms with Crippen molar-refractivity contribution in [2.45, 2.75) is 84.0 Å². The number of aliphatic hydroxyl groups is 1. The quantitative estimate of drug-likeness (QED) is 0.115. The van der Waals surface area contributed by atoms with E-state index in [1.165, 1.54) is 13.8 Å². The van der Waals surface area contributed by atoms with Gasteiger partial charge in [0.15, 0.2) is 11.9 Å². The number of ether oxygens (including phenoxy) is 1. The second-order valence-corrected chi connectivity index (χ2v) is 7.16. The zero-order valence-corrected chi connectivity index (χ0v) is 21.4. The molecule has 0 rings (SSSR count). The van der Waals surface area contributed by atoms with E-state index in [9.17, 15) is 29.1 Å². The summed E-state index contributed by atoms with van der Waals surface area (Å²) in [5.41, 5.74) is 5.43. The van der Waals surface area contributed by atoms with Crippen molar-refractivity contribution in [3.63, 3.8) is 0 Å². The minimum absolute atomic E-state index is 0. The number of amides is 3. The van der Waals surface area contributed by atoms with Gasteiger partial charge in [0.05, 0.1) is 12.6 Å². The number of aliphatic hydroxyl groups excluding tert-OH is 1. The summed E-state index contributed by atoms with van der Waals surface area (Å²) >= 11 is 0. The van der Waals surface area contributed by atoms with Crippen LogP contribution in [-0.4, -0.2) is 72.0 Å². The fourth-order valence-corrected chi connectivity index (χ4v) is 2.56. The van der Waals surface area contributed by atoms with Crippen LogP contribution in [0.3, 0.4) is 0 Å². The summed E-state index contributed by atoms with van der Waals surface area (Å²) in [5, 5.41) is 16.8. The monoisotopic (exact) mass is 494 g/mol. The number of hydrogen-bond donors (Lipinski definition) is 5. The Hall–Kier alpha value is -2.14. The molecule has 3 amide bonds. The minimum Gasteiger partial charge on any atom is -0.693 e. The maximum absolute atomic E-state index is 12.4. The normalized spacial score (nSPS) is 13.6. The Morgan fingerprint density at radius 3 is 1.97 bits per heavy atom. The summed E-state index contributed by atoms with van der Waals surface area (Å²) in [7, 11) is 0. The summed E-state index contributed by atoms with van der Waals surface area (Å²) in [5.74, 6) is -2.90. The highest BCUT2D eigenvalue weighted by Crippen LogP contribution is 2.04. The number of nitrogens with two attached hydrogens (primary N) is 2. The van der Waals surface area contributed by atoms with Crippen molar-refractivity contribution >= 4 is 39.4 Å². The van der Waals surface area contributed by atoms with Crippen molar-refractivity contribution in [3.05, 3.63) is 6.15 Å². The van der Waals surface area contributed by atoms with Gasteiger partial charge in [-0.1, -0.05) is 13.8 Å². The molecule has 0 aromatic rings.